The average molecular weight is 309 g/mol. The van der Waals surface area contributed by atoms with Gasteiger partial charge in [0.05, 0.1) is 5.69 Å². The molecule has 0 amide bonds. The zero-order valence-electron chi connectivity index (χ0n) is 13.2. The van der Waals surface area contributed by atoms with Crippen LogP contribution in [-0.4, -0.2) is 6.21 Å². The first-order valence-electron chi connectivity index (χ1n) is 8.07. The molecular weight excluding hydrogens is 292 g/mol. The molecule has 0 spiro atoms. The third-order valence-electron chi connectivity index (χ3n) is 4.08. The maximum atomic E-state index is 4.69. The van der Waals surface area contributed by atoms with E-state index in [4.69, 9.17) is 0 Å². The molecule has 2 heteroatoms. The predicted octanol–water partition coefficient (Wildman–Crippen LogP) is 6.30. The van der Waals surface area contributed by atoms with Crippen molar-refractivity contribution in [1.82, 2.24) is 0 Å². The predicted molar refractivity (Wildman–Crippen MR) is 103 cm³/mol. The largest absolute Gasteiger partial charge is 0.663 e. The van der Waals surface area contributed by atoms with Gasteiger partial charge in [-0.25, -0.2) is 0 Å². The summed E-state index contributed by atoms with van der Waals surface area (Å²) in [5, 5.41) is 6.90. The minimum Gasteiger partial charge on any atom is -0.663 e. The van der Waals surface area contributed by atoms with E-state index in [1.807, 2.05) is 61.0 Å². The van der Waals surface area contributed by atoms with E-state index >= 15 is 0 Å². The van der Waals surface area contributed by atoms with Crippen LogP contribution in [0.4, 0.5) is 11.4 Å². The molecule has 2 aromatic carbocycles. The first-order chi connectivity index (χ1) is 11.9. The summed E-state index contributed by atoms with van der Waals surface area (Å²) in [5.41, 5.74) is 3.05. The van der Waals surface area contributed by atoms with E-state index in [9.17, 15) is 0 Å². The molecule has 0 radical (unpaired) electrons. The molecule has 0 N–H and O–H groups in total. The van der Waals surface area contributed by atoms with E-state index in [1.165, 1.54) is 0 Å². The number of hydrogen-bond donors (Lipinski definition) is 0. The number of allylic oxidation sites excluding steroid dienone is 9. The van der Waals surface area contributed by atoms with Crippen LogP contribution >= 0.6 is 0 Å². The number of hydrogen-bond acceptors (Lipinski definition) is 1. The number of aliphatic imine (C=N–C) groups is 1. The van der Waals surface area contributed by atoms with Gasteiger partial charge < -0.3 is 5.32 Å². The minimum absolute atomic E-state index is 0.291. The van der Waals surface area contributed by atoms with Gasteiger partial charge in [-0.2, -0.15) is 6.20 Å². The number of fused-ring (bicyclic) bond motifs is 1. The Morgan fingerprint density at radius 3 is 2.42 bits per heavy atom. The van der Waals surface area contributed by atoms with Crippen LogP contribution in [-0.2, 0) is 0 Å². The summed E-state index contributed by atoms with van der Waals surface area (Å²) in [6.07, 6.45) is 20.4. The third kappa shape index (κ3) is 2.99. The van der Waals surface area contributed by atoms with Crippen molar-refractivity contribution in [2.24, 2.45) is 10.9 Å². The summed E-state index contributed by atoms with van der Waals surface area (Å²) >= 11 is 0. The van der Waals surface area contributed by atoms with Crippen LogP contribution in [0.2, 0.25) is 0 Å². The number of rotatable bonds is 4. The number of nitrogens with zero attached hydrogens (tertiary/aromatic N) is 2. The summed E-state index contributed by atoms with van der Waals surface area (Å²) < 4.78 is 0. The van der Waals surface area contributed by atoms with E-state index in [1.54, 1.807) is 0 Å². The molecule has 24 heavy (non-hydrogen) atoms. The molecular formula is C22H17N2-. The quantitative estimate of drug-likeness (QED) is 0.592. The fraction of sp³-hybridized carbons (Fsp3) is 0.0455. The van der Waals surface area contributed by atoms with Gasteiger partial charge in [-0.15, -0.1) is 5.69 Å². The normalized spacial score (nSPS) is 16.1. The molecule has 2 aliphatic rings. The highest BCUT2D eigenvalue weighted by atomic mass is 14.8. The van der Waals surface area contributed by atoms with Crippen LogP contribution in [0.3, 0.4) is 0 Å². The Bertz CT molecular complexity index is 914. The highest BCUT2D eigenvalue weighted by Crippen LogP contribution is 2.35. The van der Waals surface area contributed by atoms with Crippen molar-refractivity contribution < 1.29 is 0 Å². The highest BCUT2D eigenvalue weighted by molar-refractivity contribution is 6.02. The summed E-state index contributed by atoms with van der Waals surface area (Å²) in [4.78, 5) is 4.69. The second kappa shape index (κ2) is 6.55. The van der Waals surface area contributed by atoms with Gasteiger partial charge in [0.1, 0.15) is 0 Å². The lowest BCUT2D eigenvalue weighted by Crippen LogP contribution is -1.88. The van der Waals surface area contributed by atoms with Crippen molar-refractivity contribution in [3.05, 3.63) is 102 Å². The minimum atomic E-state index is 0.291. The van der Waals surface area contributed by atoms with Crippen LogP contribution in [0.5, 0.6) is 0 Å². The molecule has 0 aliphatic heterocycles. The van der Waals surface area contributed by atoms with E-state index in [2.05, 4.69) is 46.7 Å². The Labute approximate surface area is 141 Å². The zero-order chi connectivity index (χ0) is 16.2. The van der Waals surface area contributed by atoms with Gasteiger partial charge in [0.2, 0.25) is 0 Å². The zero-order valence-corrected chi connectivity index (χ0v) is 13.2. The molecule has 2 nitrogen and oxygen atoms in total. The Hall–Kier alpha value is -3.13. The maximum Gasteiger partial charge on any atom is 0.0703 e. The van der Waals surface area contributed by atoms with Gasteiger partial charge in [0, 0.05) is 17.5 Å². The molecule has 0 bridgehead atoms. The van der Waals surface area contributed by atoms with Gasteiger partial charge in [-0.1, -0.05) is 78.9 Å². The second-order valence-corrected chi connectivity index (χ2v) is 5.75. The lowest BCUT2D eigenvalue weighted by atomic mass is 10.1. The van der Waals surface area contributed by atoms with Gasteiger partial charge in [-0.3, -0.25) is 4.99 Å². The van der Waals surface area contributed by atoms with Crippen molar-refractivity contribution in [1.29, 1.82) is 0 Å². The molecule has 0 fully saturated rings. The van der Waals surface area contributed by atoms with Gasteiger partial charge >= 0.3 is 0 Å². The van der Waals surface area contributed by atoms with Gasteiger partial charge in [-0.05, 0) is 17.0 Å². The summed E-state index contributed by atoms with van der Waals surface area (Å²) in [6, 6.07) is 12.4. The first-order valence-corrected chi connectivity index (χ1v) is 8.07. The molecule has 2 aliphatic carbocycles. The molecule has 116 valence electrons. The summed E-state index contributed by atoms with van der Waals surface area (Å²) in [6.45, 7) is 0. The fourth-order valence-electron chi connectivity index (χ4n) is 2.84. The smallest absolute Gasteiger partial charge is 0.0703 e. The Morgan fingerprint density at radius 2 is 1.58 bits per heavy atom. The van der Waals surface area contributed by atoms with Crippen LogP contribution in [0, 0.1) is 5.92 Å². The Balaban J connectivity index is 1.67. The van der Waals surface area contributed by atoms with Crippen LogP contribution < -0.4 is 0 Å². The molecule has 0 atom stereocenters. The van der Waals surface area contributed by atoms with E-state index < -0.39 is 0 Å². The molecule has 0 saturated heterocycles. The average Bonchev–Trinajstić information content (AvgIpc) is 3.31. The van der Waals surface area contributed by atoms with Gasteiger partial charge in [0.15, 0.2) is 0 Å². The van der Waals surface area contributed by atoms with Crippen LogP contribution in [0.1, 0.15) is 0 Å². The van der Waals surface area contributed by atoms with Crippen molar-refractivity contribution in [3.63, 3.8) is 0 Å². The Morgan fingerprint density at radius 1 is 0.833 bits per heavy atom. The standard InChI is InChI=1S/C22H17N2/c1-2-8-17(7-1)15-23-21-13-5-12-20-19(21)11-6-14-22(20)24-16-18-9-3-4-10-18/h1-17H/q-1. The summed E-state index contributed by atoms with van der Waals surface area (Å²) in [5.74, 6) is 0.291. The first kappa shape index (κ1) is 14.5. The van der Waals surface area contributed by atoms with Crippen molar-refractivity contribution in [2.75, 3.05) is 0 Å². The van der Waals surface area contributed by atoms with Gasteiger partial charge in [0.25, 0.3) is 0 Å². The highest BCUT2D eigenvalue weighted by Gasteiger charge is 2.02. The van der Waals surface area contributed by atoms with Crippen molar-refractivity contribution >= 4 is 28.4 Å². The van der Waals surface area contributed by atoms with Crippen LogP contribution in [0.15, 0.2) is 102 Å². The number of benzene rings is 2. The van der Waals surface area contributed by atoms with Crippen molar-refractivity contribution in [2.45, 2.75) is 0 Å². The van der Waals surface area contributed by atoms with E-state index in [0.29, 0.717) is 5.92 Å². The molecule has 0 heterocycles. The van der Waals surface area contributed by atoms with Crippen LogP contribution in [0.25, 0.3) is 16.1 Å². The molecule has 0 aromatic heterocycles. The SMILES string of the molecule is C1=CC(=C[N-]c2cccc3c(N=CC4C=CC=C4)cccc23)C=C1. The second-order valence-electron chi connectivity index (χ2n) is 5.75. The lowest BCUT2D eigenvalue weighted by molar-refractivity contribution is 1.20. The Kier molecular flexibility index (Phi) is 3.95. The molecule has 2 aromatic rings. The topological polar surface area (TPSA) is 26.5 Å². The van der Waals surface area contributed by atoms with E-state index in [-0.39, 0.29) is 0 Å². The third-order valence-corrected chi connectivity index (χ3v) is 4.08. The molecule has 4 rings (SSSR count). The molecule has 0 unspecified atom stereocenters. The summed E-state index contributed by atoms with van der Waals surface area (Å²) in [7, 11) is 0. The monoisotopic (exact) mass is 309 g/mol. The maximum absolute atomic E-state index is 4.69. The fourth-order valence-corrected chi connectivity index (χ4v) is 2.84. The molecule has 0 saturated carbocycles. The lowest BCUT2D eigenvalue weighted by Gasteiger charge is -2.20. The van der Waals surface area contributed by atoms with Crippen molar-refractivity contribution in [3.8, 4) is 0 Å². The van der Waals surface area contributed by atoms with E-state index in [0.717, 1.165) is 27.7 Å².